The van der Waals surface area contributed by atoms with Crippen LogP contribution in [0.1, 0.15) is 32.6 Å². The zero-order valence-electron chi connectivity index (χ0n) is 9.21. The first kappa shape index (κ1) is 13.2. The van der Waals surface area contributed by atoms with Crippen LogP contribution in [0.15, 0.2) is 12.7 Å². The molecule has 0 rings (SSSR count). The van der Waals surface area contributed by atoms with E-state index in [1.165, 1.54) is 7.11 Å². The summed E-state index contributed by atoms with van der Waals surface area (Å²) in [6.45, 7) is 6.52. The molecule has 0 bridgehead atoms. The lowest BCUT2D eigenvalue weighted by atomic mass is 10.1. The van der Waals surface area contributed by atoms with Gasteiger partial charge in [-0.15, -0.1) is 6.58 Å². The number of nitrogens with one attached hydrogen (secondary N) is 1. The molecule has 0 heterocycles. The van der Waals surface area contributed by atoms with Crippen LogP contribution in [-0.4, -0.2) is 25.7 Å². The maximum atomic E-state index is 11.3. The van der Waals surface area contributed by atoms with Gasteiger partial charge in [0.05, 0.1) is 7.11 Å². The van der Waals surface area contributed by atoms with Gasteiger partial charge in [0.1, 0.15) is 6.04 Å². The van der Waals surface area contributed by atoms with Gasteiger partial charge in [0.15, 0.2) is 0 Å². The number of esters is 1. The zero-order valence-corrected chi connectivity index (χ0v) is 9.21. The molecule has 1 atom stereocenters. The zero-order chi connectivity index (χ0) is 10.8. The third kappa shape index (κ3) is 5.75. The molecule has 0 aliphatic heterocycles. The quantitative estimate of drug-likeness (QED) is 0.368. The minimum Gasteiger partial charge on any atom is -0.468 e. The minimum atomic E-state index is -0.164. The van der Waals surface area contributed by atoms with Gasteiger partial charge < -0.3 is 10.1 Å². The Hall–Kier alpha value is -0.830. The van der Waals surface area contributed by atoms with Crippen LogP contribution in [0.5, 0.6) is 0 Å². The predicted molar refractivity (Wildman–Crippen MR) is 58.1 cm³/mol. The fraction of sp³-hybridized carbons (Fsp3) is 0.727. The maximum absolute atomic E-state index is 11.3. The molecular weight excluding hydrogens is 178 g/mol. The Morgan fingerprint density at radius 3 is 2.86 bits per heavy atom. The Morgan fingerprint density at radius 2 is 2.36 bits per heavy atom. The molecule has 0 aliphatic carbocycles. The van der Waals surface area contributed by atoms with Gasteiger partial charge in [-0.1, -0.05) is 25.8 Å². The van der Waals surface area contributed by atoms with E-state index in [2.05, 4.69) is 18.8 Å². The molecule has 14 heavy (non-hydrogen) atoms. The lowest BCUT2D eigenvalue weighted by Gasteiger charge is -2.15. The van der Waals surface area contributed by atoms with Gasteiger partial charge in [-0.25, -0.2) is 0 Å². The molecule has 1 unspecified atom stereocenters. The average molecular weight is 199 g/mol. The maximum Gasteiger partial charge on any atom is 0.322 e. The largest absolute Gasteiger partial charge is 0.468 e. The van der Waals surface area contributed by atoms with Gasteiger partial charge >= 0.3 is 5.97 Å². The molecule has 0 aliphatic rings. The van der Waals surface area contributed by atoms with Crippen LogP contribution in [0, 0.1) is 0 Å². The molecule has 0 aromatic carbocycles. The highest BCUT2D eigenvalue weighted by Crippen LogP contribution is 2.02. The van der Waals surface area contributed by atoms with Gasteiger partial charge in [0, 0.05) is 0 Å². The smallest absolute Gasteiger partial charge is 0.322 e. The second kappa shape index (κ2) is 8.75. The Kier molecular flexibility index (Phi) is 8.24. The first-order valence-corrected chi connectivity index (χ1v) is 5.18. The summed E-state index contributed by atoms with van der Waals surface area (Å²) >= 11 is 0. The average Bonchev–Trinajstić information content (AvgIpc) is 2.22. The van der Waals surface area contributed by atoms with E-state index < -0.39 is 0 Å². The second-order valence-electron chi connectivity index (χ2n) is 3.25. The van der Waals surface area contributed by atoms with E-state index in [9.17, 15) is 4.79 Å². The van der Waals surface area contributed by atoms with Gasteiger partial charge in [0.2, 0.25) is 0 Å². The second-order valence-corrected chi connectivity index (χ2v) is 3.25. The molecule has 0 fully saturated rings. The van der Waals surface area contributed by atoms with Crippen LogP contribution < -0.4 is 5.32 Å². The molecule has 0 saturated carbocycles. The van der Waals surface area contributed by atoms with E-state index in [0.717, 1.165) is 32.2 Å². The summed E-state index contributed by atoms with van der Waals surface area (Å²) in [7, 11) is 1.43. The van der Waals surface area contributed by atoms with E-state index in [1.807, 2.05) is 6.08 Å². The monoisotopic (exact) mass is 199 g/mol. The summed E-state index contributed by atoms with van der Waals surface area (Å²) in [6, 6.07) is -0.153. The fourth-order valence-corrected chi connectivity index (χ4v) is 1.21. The SMILES string of the molecule is C=CCCNC(CCCC)C(=O)OC. The van der Waals surface area contributed by atoms with Crippen molar-refractivity contribution in [3.05, 3.63) is 12.7 Å². The number of unbranched alkanes of at least 4 members (excludes halogenated alkanes) is 1. The fourth-order valence-electron chi connectivity index (χ4n) is 1.21. The summed E-state index contributed by atoms with van der Waals surface area (Å²) in [6.07, 6.45) is 5.69. The number of carbonyl (C=O) groups excluding carboxylic acids is 1. The molecule has 0 aromatic heterocycles. The van der Waals surface area contributed by atoms with Crippen molar-refractivity contribution in [1.82, 2.24) is 5.32 Å². The predicted octanol–water partition coefficient (Wildman–Crippen LogP) is 1.88. The Morgan fingerprint density at radius 1 is 1.64 bits per heavy atom. The lowest BCUT2D eigenvalue weighted by molar-refractivity contribution is -0.143. The van der Waals surface area contributed by atoms with Crippen molar-refractivity contribution in [3.8, 4) is 0 Å². The van der Waals surface area contributed by atoms with Crippen molar-refractivity contribution in [2.75, 3.05) is 13.7 Å². The molecule has 0 saturated heterocycles. The standard InChI is InChI=1S/C11H21NO2/c1-4-6-8-10(11(13)14-3)12-9-7-5-2/h5,10,12H,2,4,6-9H2,1,3H3. The van der Waals surface area contributed by atoms with Crippen LogP contribution >= 0.6 is 0 Å². The van der Waals surface area contributed by atoms with Crippen molar-refractivity contribution in [3.63, 3.8) is 0 Å². The number of hydrogen-bond donors (Lipinski definition) is 1. The minimum absolute atomic E-state index is 0.153. The van der Waals surface area contributed by atoms with Crippen LogP contribution in [-0.2, 0) is 9.53 Å². The van der Waals surface area contributed by atoms with E-state index in [1.54, 1.807) is 0 Å². The van der Waals surface area contributed by atoms with E-state index in [4.69, 9.17) is 4.74 Å². The molecule has 3 heteroatoms. The lowest BCUT2D eigenvalue weighted by Crippen LogP contribution is -2.38. The molecule has 82 valence electrons. The Bertz CT molecular complexity index is 169. The third-order valence-electron chi connectivity index (χ3n) is 2.07. The highest BCUT2D eigenvalue weighted by Gasteiger charge is 2.16. The number of methoxy groups -OCH3 is 1. The first-order valence-electron chi connectivity index (χ1n) is 5.18. The number of carbonyl (C=O) groups is 1. The summed E-state index contributed by atoms with van der Waals surface area (Å²) in [4.78, 5) is 11.3. The van der Waals surface area contributed by atoms with Crippen LogP contribution in [0.25, 0.3) is 0 Å². The highest BCUT2D eigenvalue weighted by atomic mass is 16.5. The Labute approximate surface area is 86.5 Å². The molecular formula is C11H21NO2. The first-order chi connectivity index (χ1) is 6.76. The summed E-state index contributed by atoms with van der Waals surface area (Å²) in [5.74, 6) is -0.164. The van der Waals surface area contributed by atoms with Crippen molar-refractivity contribution in [2.24, 2.45) is 0 Å². The molecule has 0 spiro atoms. The topological polar surface area (TPSA) is 38.3 Å². The van der Waals surface area contributed by atoms with E-state index in [-0.39, 0.29) is 12.0 Å². The number of ether oxygens (including phenoxy) is 1. The van der Waals surface area contributed by atoms with Crippen LogP contribution in [0.3, 0.4) is 0 Å². The van der Waals surface area contributed by atoms with Crippen molar-refractivity contribution < 1.29 is 9.53 Å². The van der Waals surface area contributed by atoms with Crippen molar-refractivity contribution >= 4 is 5.97 Å². The highest BCUT2D eigenvalue weighted by molar-refractivity contribution is 5.75. The van der Waals surface area contributed by atoms with Gasteiger partial charge in [0.25, 0.3) is 0 Å². The van der Waals surface area contributed by atoms with Gasteiger partial charge in [-0.05, 0) is 19.4 Å². The van der Waals surface area contributed by atoms with Crippen LogP contribution in [0.2, 0.25) is 0 Å². The van der Waals surface area contributed by atoms with Gasteiger partial charge in [-0.3, -0.25) is 4.79 Å². The molecule has 3 nitrogen and oxygen atoms in total. The normalized spacial score (nSPS) is 12.1. The van der Waals surface area contributed by atoms with Crippen LogP contribution in [0.4, 0.5) is 0 Å². The summed E-state index contributed by atoms with van der Waals surface area (Å²) in [5, 5.41) is 3.16. The Balaban J connectivity index is 3.83. The molecule has 0 amide bonds. The van der Waals surface area contributed by atoms with Crippen molar-refractivity contribution in [1.29, 1.82) is 0 Å². The summed E-state index contributed by atoms with van der Waals surface area (Å²) < 4.78 is 4.71. The number of hydrogen-bond acceptors (Lipinski definition) is 3. The van der Waals surface area contributed by atoms with E-state index in [0.29, 0.717) is 0 Å². The third-order valence-corrected chi connectivity index (χ3v) is 2.07. The molecule has 0 aromatic rings. The summed E-state index contributed by atoms with van der Waals surface area (Å²) in [5.41, 5.74) is 0. The van der Waals surface area contributed by atoms with E-state index >= 15 is 0 Å². The molecule has 0 radical (unpaired) electrons. The molecule has 1 N–H and O–H groups in total. The van der Waals surface area contributed by atoms with Gasteiger partial charge in [-0.2, -0.15) is 0 Å². The number of rotatable bonds is 8. The van der Waals surface area contributed by atoms with Crippen molar-refractivity contribution in [2.45, 2.75) is 38.6 Å².